The largest absolute Gasteiger partial charge is 0.326 e. The van der Waals surface area contributed by atoms with Crippen LogP contribution < -0.4 is 10.5 Å². The summed E-state index contributed by atoms with van der Waals surface area (Å²) in [7, 11) is -1.33. The number of benzene rings is 1. The van der Waals surface area contributed by atoms with Crippen molar-refractivity contribution in [3.05, 3.63) is 29.8 Å². The predicted molar refractivity (Wildman–Crippen MR) is 73.0 cm³/mol. The Morgan fingerprint density at radius 3 is 2.39 bits per heavy atom. The van der Waals surface area contributed by atoms with E-state index >= 15 is 0 Å². The summed E-state index contributed by atoms with van der Waals surface area (Å²) in [5.41, 5.74) is 7.01. The normalized spacial score (nSPS) is 13.6. The van der Waals surface area contributed by atoms with Gasteiger partial charge in [-0.2, -0.15) is 0 Å². The summed E-state index contributed by atoms with van der Waals surface area (Å²) in [4.78, 5) is -2.05. The monoisotopic (exact) mass is 293 g/mol. The van der Waals surface area contributed by atoms with E-state index in [9.17, 15) is 12.8 Å². The van der Waals surface area contributed by atoms with Crippen LogP contribution >= 0.6 is 11.9 Å². The first kappa shape index (κ1) is 15.2. The summed E-state index contributed by atoms with van der Waals surface area (Å²) < 4.78 is 39.9. The molecule has 1 aromatic carbocycles. The fourth-order valence-corrected chi connectivity index (χ4v) is 2.89. The average Bonchev–Trinajstić information content (AvgIpc) is 2.36. The third-order valence-corrected chi connectivity index (χ3v) is 5.25. The second kappa shape index (κ2) is 6.37. The number of anilines is 1. The van der Waals surface area contributed by atoms with Gasteiger partial charge in [0.25, 0.3) is 14.9 Å². The summed E-state index contributed by atoms with van der Waals surface area (Å²) >= 11 is 0.501. The minimum Gasteiger partial charge on any atom is -0.326 e. The maximum atomic E-state index is 13.5. The number of rotatable bonds is 6. The SMILES string of the molecule is CN(C)S(=O)(=O)C(F)SNc1ccc(CN)cc1. The zero-order valence-electron chi connectivity index (χ0n) is 10.1. The van der Waals surface area contributed by atoms with Gasteiger partial charge in [0.15, 0.2) is 0 Å². The van der Waals surface area contributed by atoms with Gasteiger partial charge in [0.1, 0.15) is 0 Å². The molecule has 1 rings (SSSR count). The fourth-order valence-electron chi connectivity index (χ4n) is 1.05. The van der Waals surface area contributed by atoms with Crippen molar-refractivity contribution in [2.75, 3.05) is 18.8 Å². The molecule has 0 radical (unpaired) electrons. The van der Waals surface area contributed by atoms with Gasteiger partial charge in [-0.05, 0) is 17.7 Å². The van der Waals surface area contributed by atoms with Gasteiger partial charge in [0.05, 0.1) is 0 Å². The molecule has 18 heavy (non-hydrogen) atoms. The molecule has 0 spiro atoms. The Morgan fingerprint density at radius 1 is 1.39 bits per heavy atom. The predicted octanol–water partition coefficient (Wildman–Crippen LogP) is 1.35. The van der Waals surface area contributed by atoms with Gasteiger partial charge < -0.3 is 10.5 Å². The number of halogens is 1. The minimum atomic E-state index is -3.91. The first-order chi connectivity index (χ1) is 8.37. The summed E-state index contributed by atoms with van der Waals surface area (Å²) in [5, 5.41) is 0. The fraction of sp³-hybridized carbons (Fsp3) is 0.400. The lowest BCUT2D eigenvalue weighted by atomic mass is 10.2. The molecule has 0 saturated carbocycles. The van der Waals surface area contributed by atoms with E-state index in [2.05, 4.69) is 4.72 Å². The number of nitrogens with zero attached hydrogens (tertiary/aromatic N) is 1. The standard InChI is InChI=1S/C10H16FN3O2S2/c1-14(2)18(15,16)10(11)17-13-9-5-3-8(7-12)4-6-9/h3-6,10,13H,7,12H2,1-2H3. The highest BCUT2D eigenvalue weighted by Crippen LogP contribution is 2.23. The second-order valence-electron chi connectivity index (χ2n) is 3.72. The molecule has 0 heterocycles. The van der Waals surface area contributed by atoms with Gasteiger partial charge in [0, 0.05) is 38.3 Å². The molecule has 0 amide bonds. The minimum absolute atomic E-state index is 0.425. The van der Waals surface area contributed by atoms with Gasteiger partial charge in [0.2, 0.25) is 0 Å². The van der Waals surface area contributed by atoms with Crippen LogP contribution in [-0.2, 0) is 16.6 Å². The van der Waals surface area contributed by atoms with E-state index in [1.807, 2.05) is 0 Å². The molecule has 0 saturated heterocycles. The molecular formula is C10H16FN3O2S2. The van der Waals surface area contributed by atoms with Crippen molar-refractivity contribution in [1.82, 2.24) is 4.31 Å². The lowest BCUT2D eigenvalue weighted by Gasteiger charge is -2.15. The Morgan fingerprint density at radius 2 is 1.94 bits per heavy atom. The molecule has 0 fully saturated rings. The highest BCUT2D eigenvalue weighted by Gasteiger charge is 2.28. The van der Waals surface area contributed by atoms with Crippen LogP contribution in [0.1, 0.15) is 5.56 Å². The first-order valence-electron chi connectivity index (χ1n) is 5.14. The molecule has 1 unspecified atom stereocenters. The van der Waals surface area contributed by atoms with E-state index in [1.54, 1.807) is 24.3 Å². The van der Waals surface area contributed by atoms with Crippen LogP contribution in [0.15, 0.2) is 24.3 Å². The van der Waals surface area contributed by atoms with Crippen LogP contribution in [-0.4, -0.2) is 31.7 Å². The molecule has 0 aliphatic carbocycles. The second-order valence-corrected chi connectivity index (χ2v) is 7.05. The van der Waals surface area contributed by atoms with Gasteiger partial charge >= 0.3 is 0 Å². The Kier molecular flexibility index (Phi) is 5.39. The molecule has 0 aliphatic rings. The smallest absolute Gasteiger partial charge is 0.278 e. The number of nitrogens with two attached hydrogens (primary N) is 1. The van der Waals surface area contributed by atoms with Gasteiger partial charge in [-0.1, -0.05) is 12.1 Å². The summed E-state index contributed by atoms with van der Waals surface area (Å²) in [5.74, 6) is 0. The van der Waals surface area contributed by atoms with Crippen LogP contribution in [0.5, 0.6) is 0 Å². The van der Waals surface area contributed by atoms with E-state index in [-0.39, 0.29) is 0 Å². The van der Waals surface area contributed by atoms with E-state index in [0.717, 1.165) is 9.87 Å². The van der Waals surface area contributed by atoms with Crippen molar-refractivity contribution < 1.29 is 12.8 Å². The zero-order valence-corrected chi connectivity index (χ0v) is 11.8. The summed E-state index contributed by atoms with van der Waals surface area (Å²) in [6.07, 6.45) is 0. The molecule has 8 heteroatoms. The summed E-state index contributed by atoms with van der Waals surface area (Å²) in [6, 6.07) is 7.00. The van der Waals surface area contributed by atoms with E-state index in [1.165, 1.54) is 14.1 Å². The highest BCUT2D eigenvalue weighted by molar-refractivity contribution is 8.13. The van der Waals surface area contributed by atoms with Crippen molar-refractivity contribution in [2.24, 2.45) is 5.73 Å². The van der Waals surface area contributed by atoms with Crippen molar-refractivity contribution in [3.8, 4) is 0 Å². The molecule has 0 bridgehead atoms. The quantitative estimate of drug-likeness (QED) is 0.774. The maximum Gasteiger partial charge on any atom is 0.278 e. The lowest BCUT2D eigenvalue weighted by Crippen LogP contribution is -2.29. The Balaban J connectivity index is 2.60. The van der Waals surface area contributed by atoms with Gasteiger partial charge in [-0.25, -0.2) is 17.1 Å². The van der Waals surface area contributed by atoms with Crippen LogP contribution in [0.4, 0.5) is 10.1 Å². The van der Waals surface area contributed by atoms with Crippen molar-refractivity contribution >= 4 is 27.7 Å². The van der Waals surface area contributed by atoms with Crippen LogP contribution in [0.3, 0.4) is 0 Å². The Hall–Kier alpha value is -0.830. The average molecular weight is 293 g/mol. The first-order valence-corrected chi connectivity index (χ1v) is 7.52. The maximum absolute atomic E-state index is 13.5. The zero-order chi connectivity index (χ0) is 13.8. The molecule has 3 N–H and O–H groups in total. The highest BCUT2D eigenvalue weighted by atomic mass is 32.3. The molecule has 1 aromatic rings. The number of hydrogen-bond acceptors (Lipinski definition) is 5. The van der Waals surface area contributed by atoms with Crippen molar-refractivity contribution in [1.29, 1.82) is 0 Å². The topological polar surface area (TPSA) is 75.4 Å². The van der Waals surface area contributed by atoms with Gasteiger partial charge in [-0.3, -0.25) is 0 Å². The Bertz CT molecular complexity index is 476. The van der Waals surface area contributed by atoms with E-state index < -0.39 is 14.9 Å². The molecule has 102 valence electrons. The van der Waals surface area contributed by atoms with Crippen LogP contribution in [0, 0.1) is 0 Å². The number of nitrogens with one attached hydrogen (secondary N) is 1. The summed E-state index contributed by atoms with van der Waals surface area (Å²) in [6.45, 7) is 0.425. The lowest BCUT2D eigenvalue weighted by molar-refractivity contribution is 0.462. The molecule has 0 aliphatic heterocycles. The Labute approximate surface area is 111 Å². The van der Waals surface area contributed by atoms with Gasteiger partial charge in [-0.15, -0.1) is 0 Å². The molecule has 0 aromatic heterocycles. The van der Waals surface area contributed by atoms with Crippen LogP contribution in [0.2, 0.25) is 0 Å². The molecule has 5 nitrogen and oxygen atoms in total. The molecular weight excluding hydrogens is 277 g/mol. The number of alkyl halides is 1. The third kappa shape index (κ3) is 3.84. The van der Waals surface area contributed by atoms with E-state index in [4.69, 9.17) is 5.73 Å². The third-order valence-electron chi connectivity index (χ3n) is 2.20. The van der Waals surface area contributed by atoms with E-state index in [0.29, 0.717) is 24.2 Å². The number of sulfonamides is 1. The number of hydrogen-bond donors (Lipinski definition) is 2. The molecule has 1 atom stereocenters. The van der Waals surface area contributed by atoms with Crippen LogP contribution in [0.25, 0.3) is 0 Å². The van der Waals surface area contributed by atoms with Crippen molar-refractivity contribution in [3.63, 3.8) is 0 Å². The van der Waals surface area contributed by atoms with Crippen molar-refractivity contribution in [2.45, 2.75) is 11.4 Å².